The molecule has 0 fully saturated rings. The van der Waals surface area contributed by atoms with Gasteiger partial charge in [-0.15, -0.1) is 0 Å². The lowest BCUT2D eigenvalue weighted by atomic mass is 10.0. The lowest BCUT2D eigenvalue weighted by Crippen LogP contribution is -2.32. The van der Waals surface area contributed by atoms with Gasteiger partial charge in [-0.25, -0.2) is 0 Å². The third kappa shape index (κ3) is 4.38. The van der Waals surface area contributed by atoms with Gasteiger partial charge in [0, 0.05) is 37.0 Å². The molecule has 0 spiro atoms. The molecular weight excluding hydrogens is 428 g/mol. The predicted molar refractivity (Wildman–Crippen MR) is 136 cm³/mol. The van der Waals surface area contributed by atoms with Crippen molar-refractivity contribution < 1.29 is 19.1 Å². The number of carbonyl (C=O) groups excluding carboxylic acids is 2. The summed E-state index contributed by atoms with van der Waals surface area (Å²) in [6, 6.07) is 19.6. The summed E-state index contributed by atoms with van der Waals surface area (Å²) in [5.41, 5.74) is 4.31. The molecule has 0 atom stereocenters. The number of nitrogens with zero attached hydrogens (tertiary/aromatic N) is 2. The van der Waals surface area contributed by atoms with Gasteiger partial charge in [0.2, 0.25) is 0 Å². The van der Waals surface area contributed by atoms with E-state index in [0.29, 0.717) is 43.2 Å². The van der Waals surface area contributed by atoms with Gasteiger partial charge in [0.15, 0.2) is 6.29 Å². The van der Waals surface area contributed by atoms with Gasteiger partial charge in [0.05, 0.1) is 42.1 Å². The van der Waals surface area contributed by atoms with E-state index in [-0.39, 0.29) is 5.91 Å². The summed E-state index contributed by atoms with van der Waals surface area (Å²) in [5.74, 6) is -0.235. The highest BCUT2D eigenvalue weighted by molar-refractivity contribution is 6.12. The number of aldehydes is 1. The van der Waals surface area contributed by atoms with E-state index >= 15 is 0 Å². The van der Waals surface area contributed by atoms with Crippen molar-refractivity contribution in [1.29, 1.82) is 0 Å². The summed E-state index contributed by atoms with van der Waals surface area (Å²) in [7, 11) is 3.33. The Balaban J connectivity index is 1.84. The molecule has 0 N–H and O–H groups in total. The molecule has 0 radical (unpaired) electrons. The Labute approximate surface area is 199 Å². The van der Waals surface area contributed by atoms with Gasteiger partial charge in [-0.2, -0.15) is 0 Å². The third-order valence-electron chi connectivity index (χ3n) is 5.94. The fourth-order valence-corrected chi connectivity index (χ4v) is 4.19. The fraction of sp³-hybridized carbons (Fsp3) is 0.214. The third-order valence-corrected chi connectivity index (χ3v) is 5.94. The smallest absolute Gasteiger partial charge is 0.256 e. The molecule has 0 aliphatic heterocycles. The molecule has 174 valence electrons. The van der Waals surface area contributed by atoms with E-state index in [1.54, 1.807) is 25.1 Å². The van der Waals surface area contributed by atoms with E-state index in [1.807, 2.05) is 48.5 Å². The molecule has 0 bridgehead atoms. The standard InChI is InChI=1S/C28H28N2O4/c1-4-20-12-13-25-23(18-20)22-9-5-6-10-24(22)30(25)26-11-7-8-21(19-31)27(26)28(32)29(2)14-15-34-17-16-33-3/h4-13,18-19H,1,14-17H2,2-3H3. The number of carbonyl (C=O) groups is 2. The van der Waals surface area contributed by atoms with E-state index in [2.05, 4.69) is 23.3 Å². The van der Waals surface area contributed by atoms with Crippen LogP contribution in [0.3, 0.4) is 0 Å². The summed E-state index contributed by atoms with van der Waals surface area (Å²) < 4.78 is 12.6. The summed E-state index contributed by atoms with van der Waals surface area (Å²) in [4.78, 5) is 27.2. The highest BCUT2D eigenvalue weighted by atomic mass is 16.5. The van der Waals surface area contributed by atoms with Crippen LogP contribution in [0.15, 0.2) is 67.2 Å². The molecule has 6 nitrogen and oxygen atoms in total. The van der Waals surface area contributed by atoms with Crippen LogP contribution in [-0.4, -0.2) is 62.2 Å². The minimum Gasteiger partial charge on any atom is -0.382 e. The first kappa shape index (κ1) is 23.4. The van der Waals surface area contributed by atoms with Gasteiger partial charge in [-0.3, -0.25) is 9.59 Å². The Morgan fingerprint density at radius 2 is 1.79 bits per heavy atom. The molecule has 4 rings (SSSR count). The number of methoxy groups -OCH3 is 1. The number of para-hydroxylation sites is 1. The normalized spacial score (nSPS) is 11.1. The van der Waals surface area contributed by atoms with Crippen LogP contribution in [-0.2, 0) is 9.47 Å². The number of rotatable bonds is 10. The Morgan fingerprint density at radius 1 is 1.00 bits per heavy atom. The SMILES string of the molecule is C=Cc1ccc2c(c1)c1ccccc1n2-c1cccc(C=O)c1C(=O)N(C)CCOCCOC. The van der Waals surface area contributed by atoms with Crippen LogP contribution in [0.4, 0.5) is 0 Å². The van der Waals surface area contributed by atoms with Gasteiger partial charge < -0.3 is 18.9 Å². The molecule has 1 heterocycles. The Hall–Kier alpha value is -3.74. The van der Waals surface area contributed by atoms with Crippen LogP contribution in [0.5, 0.6) is 0 Å². The molecule has 4 aromatic rings. The zero-order valence-corrected chi connectivity index (χ0v) is 19.5. The average molecular weight is 457 g/mol. The van der Waals surface area contributed by atoms with Crippen LogP contribution in [0.1, 0.15) is 26.3 Å². The maximum atomic E-state index is 13.6. The summed E-state index contributed by atoms with van der Waals surface area (Å²) >= 11 is 0. The first-order valence-electron chi connectivity index (χ1n) is 11.2. The predicted octanol–water partition coefficient (Wildman–Crippen LogP) is 4.97. The van der Waals surface area contributed by atoms with Crippen molar-refractivity contribution in [3.8, 4) is 5.69 Å². The number of likely N-dealkylation sites (N-methyl/N-ethyl adjacent to an activating group) is 1. The zero-order valence-electron chi connectivity index (χ0n) is 19.5. The van der Waals surface area contributed by atoms with Gasteiger partial charge in [-0.05, 0) is 29.8 Å². The van der Waals surface area contributed by atoms with Crippen molar-refractivity contribution in [2.45, 2.75) is 0 Å². The Bertz CT molecular complexity index is 1360. The van der Waals surface area contributed by atoms with Crippen LogP contribution in [0, 0.1) is 0 Å². The number of benzene rings is 3. The molecule has 3 aromatic carbocycles. The highest BCUT2D eigenvalue weighted by Gasteiger charge is 2.23. The molecule has 1 amide bonds. The molecule has 34 heavy (non-hydrogen) atoms. The van der Waals surface area contributed by atoms with Crippen LogP contribution < -0.4 is 0 Å². The largest absolute Gasteiger partial charge is 0.382 e. The van der Waals surface area contributed by atoms with Crippen molar-refractivity contribution in [2.75, 3.05) is 40.5 Å². The van der Waals surface area contributed by atoms with E-state index in [4.69, 9.17) is 9.47 Å². The molecule has 0 aliphatic carbocycles. The molecule has 0 saturated carbocycles. The van der Waals surface area contributed by atoms with Gasteiger partial charge >= 0.3 is 0 Å². The minimum absolute atomic E-state index is 0.235. The molecule has 0 unspecified atom stereocenters. The summed E-state index contributed by atoms with van der Waals surface area (Å²) in [6.07, 6.45) is 2.56. The number of fused-ring (bicyclic) bond motifs is 3. The molecule has 6 heteroatoms. The lowest BCUT2D eigenvalue weighted by Gasteiger charge is -2.21. The maximum absolute atomic E-state index is 13.6. The van der Waals surface area contributed by atoms with Crippen molar-refractivity contribution in [3.05, 3.63) is 83.9 Å². The average Bonchev–Trinajstić information content (AvgIpc) is 3.21. The van der Waals surface area contributed by atoms with Crippen molar-refractivity contribution in [1.82, 2.24) is 9.47 Å². The van der Waals surface area contributed by atoms with Crippen LogP contribution in [0.25, 0.3) is 33.6 Å². The van der Waals surface area contributed by atoms with Gasteiger partial charge in [-0.1, -0.05) is 49.1 Å². The molecule has 1 aromatic heterocycles. The fourth-order valence-electron chi connectivity index (χ4n) is 4.19. The number of hydrogen-bond donors (Lipinski definition) is 0. The second-order valence-electron chi connectivity index (χ2n) is 8.02. The van der Waals surface area contributed by atoms with E-state index in [1.165, 1.54) is 0 Å². The number of ether oxygens (including phenoxy) is 2. The van der Waals surface area contributed by atoms with E-state index < -0.39 is 0 Å². The monoisotopic (exact) mass is 456 g/mol. The number of amides is 1. The summed E-state index contributed by atoms with van der Waals surface area (Å²) in [5, 5.41) is 2.12. The topological polar surface area (TPSA) is 60.8 Å². The second-order valence-corrected chi connectivity index (χ2v) is 8.02. The van der Waals surface area contributed by atoms with Crippen molar-refractivity contribution in [3.63, 3.8) is 0 Å². The van der Waals surface area contributed by atoms with Gasteiger partial charge in [0.1, 0.15) is 0 Å². The van der Waals surface area contributed by atoms with Crippen LogP contribution >= 0.6 is 0 Å². The van der Waals surface area contributed by atoms with Crippen molar-refractivity contribution >= 4 is 40.1 Å². The maximum Gasteiger partial charge on any atom is 0.256 e. The second kappa shape index (κ2) is 10.5. The van der Waals surface area contributed by atoms with Crippen molar-refractivity contribution in [2.24, 2.45) is 0 Å². The van der Waals surface area contributed by atoms with Gasteiger partial charge in [0.25, 0.3) is 5.91 Å². The minimum atomic E-state index is -0.235. The van der Waals surface area contributed by atoms with Crippen LogP contribution in [0.2, 0.25) is 0 Å². The molecule has 0 aliphatic rings. The first-order chi connectivity index (χ1) is 16.6. The zero-order chi connectivity index (χ0) is 24.1. The molecule has 0 saturated heterocycles. The van der Waals surface area contributed by atoms with E-state index in [9.17, 15) is 9.59 Å². The summed E-state index contributed by atoms with van der Waals surface area (Å²) in [6.45, 7) is 5.62. The quantitative estimate of drug-likeness (QED) is 0.250. The van der Waals surface area contributed by atoms with E-state index in [0.717, 1.165) is 33.7 Å². The highest BCUT2D eigenvalue weighted by Crippen LogP contribution is 2.34. The number of aromatic nitrogens is 1. The first-order valence-corrected chi connectivity index (χ1v) is 11.2. The molecular formula is C28H28N2O4. The Morgan fingerprint density at radius 3 is 2.56 bits per heavy atom. The lowest BCUT2D eigenvalue weighted by molar-refractivity contribution is 0.0531. The Kier molecular flexibility index (Phi) is 7.21. The number of hydrogen-bond acceptors (Lipinski definition) is 4.